The number of methoxy groups -OCH3 is 1. The summed E-state index contributed by atoms with van der Waals surface area (Å²) in [7, 11) is 1.55. The van der Waals surface area contributed by atoms with Crippen LogP contribution >= 0.6 is 0 Å². The van der Waals surface area contributed by atoms with Crippen LogP contribution in [0.3, 0.4) is 0 Å². The van der Waals surface area contributed by atoms with Crippen molar-refractivity contribution < 1.29 is 32.7 Å². The summed E-state index contributed by atoms with van der Waals surface area (Å²) in [5.74, 6) is -4.21. The van der Waals surface area contributed by atoms with Crippen molar-refractivity contribution in [1.29, 1.82) is 0 Å². The molecule has 0 atom stereocenters. The number of benzene rings is 2. The highest BCUT2D eigenvalue weighted by molar-refractivity contribution is 6.11. The van der Waals surface area contributed by atoms with Crippen molar-refractivity contribution in [1.82, 2.24) is 15.5 Å². The number of alkyl halides is 2. The molecule has 1 aliphatic carbocycles. The smallest absolute Gasteiger partial charge is 0.325 e. The SMILES string of the molecule is COCCNC(=O)c1ccccc1-c1ccc(C(=O)CN2C(=O)NC3(CCC(F)(F)CC3)C2=O)cc1. The maximum absolute atomic E-state index is 13.6. The average Bonchev–Trinajstić information content (AvgIpc) is 3.10. The Morgan fingerprint density at radius 1 is 1.03 bits per heavy atom. The van der Waals surface area contributed by atoms with Crippen LogP contribution in [0, 0.1) is 0 Å². The Morgan fingerprint density at radius 3 is 2.36 bits per heavy atom. The zero-order valence-electron chi connectivity index (χ0n) is 19.8. The number of ketones is 1. The number of rotatable bonds is 8. The minimum absolute atomic E-state index is 0.164. The van der Waals surface area contributed by atoms with E-state index in [0.29, 0.717) is 29.8 Å². The Labute approximate surface area is 207 Å². The number of hydrogen-bond donors (Lipinski definition) is 2. The van der Waals surface area contributed by atoms with Crippen molar-refractivity contribution in [3.8, 4) is 11.1 Å². The molecule has 0 unspecified atom stereocenters. The maximum atomic E-state index is 13.6. The van der Waals surface area contributed by atoms with Gasteiger partial charge in [-0.2, -0.15) is 0 Å². The van der Waals surface area contributed by atoms with E-state index in [1.807, 2.05) is 0 Å². The third kappa shape index (κ3) is 5.13. The Balaban J connectivity index is 1.45. The molecule has 2 aromatic carbocycles. The summed E-state index contributed by atoms with van der Waals surface area (Å²) in [5, 5.41) is 5.32. The minimum atomic E-state index is -2.86. The predicted molar refractivity (Wildman–Crippen MR) is 127 cm³/mol. The van der Waals surface area contributed by atoms with E-state index in [2.05, 4.69) is 10.6 Å². The second-order valence-electron chi connectivity index (χ2n) is 9.05. The molecule has 1 saturated carbocycles. The van der Waals surface area contributed by atoms with Gasteiger partial charge >= 0.3 is 6.03 Å². The van der Waals surface area contributed by atoms with Gasteiger partial charge in [-0.05, 0) is 30.0 Å². The van der Waals surface area contributed by atoms with Crippen LogP contribution in [0.4, 0.5) is 13.6 Å². The van der Waals surface area contributed by atoms with E-state index in [4.69, 9.17) is 4.74 Å². The molecule has 2 aliphatic rings. The van der Waals surface area contributed by atoms with Crippen LogP contribution in [-0.2, 0) is 9.53 Å². The molecule has 1 spiro atoms. The quantitative estimate of drug-likeness (QED) is 0.329. The molecule has 0 radical (unpaired) electrons. The molecule has 190 valence electrons. The average molecular weight is 500 g/mol. The third-order valence-corrected chi connectivity index (χ3v) is 6.66. The molecule has 2 fully saturated rings. The lowest BCUT2D eigenvalue weighted by Gasteiger charge is -2.34. The van der Waals surface area contributed by atoms with Gasteiger partial charge in [-0.15, -0.1) is 0 Å². The van der Waals surface area contributed by atoms with Crippen molar-refractivity contribution in [2.75, 3.05) is 26.8 Å². The molecule has 1 heterocycles. The zero-order chi connectivity index (χ0) is 25.9. The van der Waals surface area contributed by atoms with E-state index < -0.39 is 48.6 Å². The molecule has 4 rings (SSSR count). The topological polar surface area (TPSA) is 105 Å². The first-order chi connectivity index (χ1) is 17.2. The summed E-state index contributed by atoms with van der Waals surface area (Å²) in [6.45, 7) is 0.264. The molecule has 0 aromatic heterocycles. The number of ether oxygens (including phenoxy) is 1. The molecule has 10 heteroatoms. The van der Waals surface area contributed by atoms with Crippen molar-refractivity contribution in [3.05, 3.63) is 59.7 Å². The molecule has 0 bridgehead atoms. The fourth-order valence-corrected chi connectivity index (χ4v) is 4.57. The number of Topliss-reactive ketones (excluding diaryl/α,β-unsaturated/α-hetero) is 1. The molecule has 2 N–H and O–H groups in total. The van der Waals surface area contributed by atoms with Gasteiger partial charge in [-0.1, -0.05) is 42.5 Å². The lowest BCUT2D eigenvalue weighted by molar-refractivity contribution is -0.135. The molecule has 8 nitrogen and oxygen atoms in total. The van der Waals surface area contributed by atoms with Gasteiger partial charge in [0, 0.05) is 37.6 Å². The van der Waals surface area contributed by atoms with Crippen molar-refractivity contribution >= 4 is 23.6 Å². The normalized spacial score (nSPS) is 18.2. The van der Waals surface area contributed by atoms with Crippen LogP contribution in [0.5, 0.6) is 0 Å². The van der Waals surface area contributed by atoms with Crippen molar-refractivity contribution in [2.45, 2.75) is 37.1 Å². The van der Waals surface area contributed by atoms with E-state index in [9.17, 15) is 28.0 Å². The summed E-state index contributed by atoms with van der Waals surface area (Å²) in [5.41, 5.74) is 0.765. The van der Waals surface area contributed by atoms with Crippen molar-refractivity contribution in [3.63, 3.8) is 0 Å². The largest absolute Gasteiger partial charge is 0.383 e. The minimum Gasteiger partial charge on any atom is -0.383 e. The van der Waals surface area contributed by atoms with Gasteiger partial charge in [0.15, 0.2) is 5.78 Å². The second-order valence-corrected chi connectivity index (χ2v) is 9.05. The molecule has 4 amide bonds. The number of nitrogens with one attached hydrogen (secondary N) is 2. The summed E-state index contributed by atoms with van der Waals surface area (Å²) in [4.78, 5) is 51.6. The summed E-state index contributed by atoms with van der Waals surface area (Å²) < 4.78 is 32.1. The lowest BCUT2D eigenvalue weighted by Crippen LogP contribution is -2.51. The second kappa shape index (κ2) is 10.1. The number of halogens is 2. The first-order valence-corrected chi connectivity index (χ1v) is 11.7. The fourth-order valence-electron chi connectivity index (χ4n) is 4.57. The molecule has 1 aliphatic heterocycles. The Bertz CT molecular complexity index is 1170. The maximum Gasteiger partial charge on any atom is 0.325 e. The monoisotopic (exact) mass is 499 g/mol. The van der Waals surface area contributed by atoms with Gasteiger partial charge in [0.25, 0.3) is 11.8 Å². The van der Waals surface area contributed by atoms with Crippen LogP contribution in [0.15, 0.2) is 48.5 Å². The summed E-state index contributed by atoms with van der Waals surface area (Å²) >= 11 is 0. The van der Waals surface area contributed by atoms with Gasteiger partial charge in [0.05, 0.1) is 13.2 Å². The molecular weight excluding hydrogens is 472 g/mol. The van der Waals surface area contributed by atoms with E-state index in [1.165, 1.54) is 0 Å². The van der Waals surface area contributed by atoms with Crippen LogP contribution in [0.2, 0.25) is 0 Å². The van der Waals surface area contributed by atoms with E-state index in [0.717, 1.165) is 4.90 Å². The number of hydrogen-bond acceptors (Lipinski definition) is 5. The number of urea groups is 1. The summed E-state index contributed by atoms with van der Waals surface area (Å²) in [6.07, 6.45) is -1.31. The Morgan fingerprint density at radius 2 is 1.69 bits per heavy atom. The first kappa shape index (κ1) is 25.4. The van der Waals surface area contributed by atoms with E-state index in [1.54, 1.807) is 55.6 Å². The Hall–Kier alpha value is -3.66. The van der Waals surface area contributed by atoms with Gasteiger partial charge in [-0.25, -0.2) is 13.6 Å². The van der Waals surface area contributed by atoms with Crippen LogP contribution < -0.4 is 10.6 Å². The van der Waals surface area contributed by atoms with Crippen LogP contribution in [-0.4, -0.2) is 66.8 Å². The van der Waals surface area contributed by atoms with Gasteiger partial charge in [0.1, 0.15) is 5.54 Å². The number of carbonyl (C=O) groups is 4. The number of amides is 4. The van der Waals surface area contributed by atoms with Gasteiger partial charge < -0.3 is 15.4 Å². The number of nitrogens with zero attached hydrogens (tertiary/aromatic N) is 1. The highest BCUT2D eigenvalue weighted by Crippen LogP contribution is 2.41. The molecule has 36 heavy (non-hydrogen) atoms. The predicted octanol–water partition coefficient (Wildman–Crippen LogP) is 3.41. The van der Waals surface area contributed by atoms with Crippen molar-refractivity contribution in [2.24, 2.45) is 0 Å². The highest BCUT2D eigenvalue weighted by atomic mass is 19.3. The number of imide groups is 1. The molecule has 1 saturated heterocycles. The number of carbonyl (C=O) groups excluding carboxylic acids is 4. The standard InChI is InChI=1S/C26H27F2N3O5/c1-36-15-14-29-22(33)20-5-3-2-4-19(20)17-6-8-18(9-7-17)21(32)16-31-23(34)25(30-24(31)35)10-12-26(27,28)13-11-25/h2-9H,10-16H2,1H3,(H,29,33)(H,30,35). The molecular formula is C26H27F2N3O5. The first-order valence-electron chi connectivity index (χ1n) is 11.7. The zero-order valence-corrected chi connectivity index (χ0v) is 19.8. The van der Waals surface area contributed by atoms with Crippen LogP contribution in [0.25, 0.3) is 11.1 Å². The van der Waals surface area contributed by atoms with Gasteiger partial charge in [-0.3, -0.25) is 19.3 Å². The van der Waals surface area contributed by atoms with Crippen LogP contribution in [0.1, 0.15) is 46.4 Å². The highest BCUT2D eigenvalue weighted by Gasteiger charge is 2.55. The fraction of sp³-hybridized carbons (Fsp3) is 0.385. The van der Waals surface area contributed by atoms with E-state index >= 15 is 0 Å². The third-order valence-electron chi connectivity index (χ3n) is 6.66. The van der Waals surface area contributed by atoms with Gasteiger partial charge in [0.2, 0.25) is 5.92 Å². The summed E-state index contributed by atoms with van der Waals surface area (Å²) in [6, 6.07) is 12.8. The Kier molecular flexibility index (Phi) is 7.16. The lowest BCUT2D eigenvalue weighted by atomic mass is 9.80. The van der Waals surface area contributed by atoms with E-state index in [-0.39, 0.29) is 24.3 Å². The molecule has 2 aromatic rings.